The number of nitrogens with zero attached hydrogens (tertiary/aromatic N) is 1. The van der Waals surface area contributed by atoms with Crippen molar-refractivity contribution in [2.24, 2.45) is 5.73 Å². The van der Waals surface area contributed by atoms with Crippen LogP contribution < -0.4 is 11.3 Å². The topological polar surface area (TPSA) is 48.0 Å². The highest BCUT2D eigenvalue weighted by Crippen LogP contribution is 2.21. The molecule has 0 aliphatic heterocycles. The van der Waals surface area contributed by atoms with Crippen LogP contribution in [0.15, 0.2) is 41.3 Å². The van der Waals surface area contributed by atoms with E-state index in [1.165, 1.54) is 5.56 Å². The molecular weight excluding hydrogens is 236 g/mol. The number of nitrogens with two attached hydrogens (primary N) is 1. The lowest BCUT2D eigenvalue weighted by Crippen LogP contribution is -2.28. The second kappa shape index (κ2) is 5.41. The fraction of sp³-hybridized carbons (Fsp3) is 0.312. The normalized spacial score (nSPS) is 12.4. The number of benzene rings is 1. The highest BCUT2D eigenvalue weighted by atomic mass is 16.1. The van der Waals surface area contributed by atoms with Gasteiger partial charge in [-0.1, -0.05) is 29.8 Å². The first-order chi connectivity index (χ1) is 9.04. The van der Waals surface area contributed by atoms with Gasteiger partial charge < -0.3 is 10.3 Å². The molecule has 1 unspecified atom stereocenters. The molecule has 1 aromatic heterocycles. The van der Waals surface area contributed by atoms with E-state index in [0.717, 1.165) is 11.1 Å². The minimum atomic E-state index is -0.368. The van der Waals surface area contributed by atoms with Crippen molar-refractivity contribution in [2.45, 2.75) is 33.4 Å². The average molecular weight is 256 g/mol. The predicted molar refractivity (Wildman–Crippen MR) is 78.3 cm³/mol. The van der Waals surface area contributed by atoms with E-state index in [1.54, 1.807) is 10.8 Å². The van der Waals surface area contributed by atoms with Crippen LogP contribution in [0, 0.1) is 13.8 Å². The summed E-state index contributed by atoms with van der Waals surface area (Å²) in [7, 11) is 0. The van der Waals surface area contributed by atoms with Gasteiger partial charge in [0.05, 0.1) is 6.04 Å². The van der Waals surface area contributed by atoms with Crippen molar-refractivity contribution in [3.63, 3.8) is 0 Å². The van der Waals surface area contributed by atoms with Gasteiger partial charge in [0.1, 0.15) is 0 Å². The second-order valence-corrected chi connectivity index (χ2v) is 4.89. The smallest absolute Gasteiger partial charge is 0.255 e. The lowest BCUT2D eigenvalue weighted by molar-refractivity contribution is 0.700. The standard InChI is InChI=1S/C16H20N2O/c1-4-18-9-5-6-14(16(18)19)15(17)13-8-7-11(2)10-12(13)3/h5-10,15H,4,17H2,1-3H3. The lowest BCUT2D eigenvalue weighted by Gasteiger charge is -2.16. The molecule has 1 aromatic carbocycles. The molecule has 19 heavy (non-hydrogen) atoms. The van der Waals surface area contributed by atoms with Crippen molar-refractivity contribution in [2.75, 3.05) is 0 Å². The summed E-state index contributed by atoms with van der Waals surface area (Å²) in [6, 6.07) is 9.47. The molecule has 1 atom stereocenters. The third-order valence-electron chi connectivity index (χ3n) is 3.49. The minimum absolute atomic E-state index is 0.00234. The maximum absolute atomic E-state index is 12.3. The Morgan fingerprint density at radius 2 is 1.95 bits per heavy atom. The van der Waals surface area contributed by atoms with Gasteiger partial charge in [-0.2, -0.15) is 0 Å². The molecule has 0 radical (unpaired) electrons. The van der Waals surface area contributed by atoms with Crippen molar-refractivity contribution in [1.29, 1.82) is 0 Å². The van der Waals surface area contributed by atoms with Crippen LogP contribution in [0.5, 0.6) is 0 Å². The molecule has 100 valence electrons. The summed E-state index contributed by atoms with van der Waals surface area (Å²) in [5, 5.41) is 0. The Hall–Kier alpha value is -1.87. The molecule has 0 spiro atoms. The minimum Gasteiger partial charge on any atom is -0.320 e. The average Bonchev–Trinajstić information content (AvgIpc) is 2.38. The Morgan fingerprint density at radius 3 is 2.58 bits per heavy atom. The SMILES string of the molecule is CCn1cccc(C(N)c2ccc(C)cc2C)c1=O. The molecule has 2 aromatic rings. The molecule has 3 heteroatoms. The number of hydrogen-bond acceptors (Lipinski definition) is 2. The zero-order valence-corrected chi connectivity index (χ0v) is 11.7. The summed E-state index contributed by atoms with van der Waals surface area (Å²) in [5.41, 5.74) is 10.3. The monoisotopic (exact) mass is 256 g/mol. The summed E-state index contributed by atoms with van der Waals surface area (Å²) in [6.45, 7) is 6.69. The van der Waals surface area contributed by atoms with Gasteiger partial charge in [-0.05, 0) is 38.0 Å². The first kappa shape index (κ1) is 13.6. The van der Waals surface area contributed by atoms with E-state index in [2.05, 4.69) is 13.0 Å². The zero-order valence-electron chi connectivity index (χ0n) is 11.7. The summed E-state index contributed by atoms with van der Waals surface area (Å²) >= 11 is 0. The molecule has 2 N–H and O–H groups in total. The van der Waals surface area contributed by atoms with Gasteiger partial charge in [0.2, 0.25) is 0 Å². The Morgan fingerprint density at radius 1 is 1.21 bits per heavy atom. The fourth-order valence-corrected chi connectivity index (χ4v) is 2.38. The van der Waals surface area contributed by atoms with E-state index in [9.17, 15) is 4.79 Å². The van der Waals surface area contributed by atoms with Crippen molar-refractivity contribution in [3.05, 3.63) is 69.1 Å². The first-order valence-electron chi connectivity index (χ1n) is 6.56. The molecule has 0 saturated carbocycles. The molecule has 0 fully saturated rings. The van der Waals surface area contributed by atoms with Gasteiger partial charge in [0.25, 0.3) is 5.56 Å². The molecule has 0 amide bonds. The van der Waals surface area contributed by atoms with Gasteiger partial charge >= 0.3 is 0 Å². The van der Waals surface area contributed by atoms with Gasteiger partial charge in [-0.25, -0.2) is 0 Å². The Kier molecular flexibility index (Phi) is 3.86. The van der Waals surface area contributed by atoms with Crippen LogP contribution in [0.1, 0.15) is 35.2 Å². The number of aryl methyl sites for hydroxylation is 3. The lowest BCUT2D eigenvalue weighted by atomic mass is 9.95. The molecule has 0 saturated heterocycles. The molecular formula is C16H20N2O. The van der Waals surface area contributed by atoms with Crippen molar-refractivity contribution in [1.82, 2.24) is 4.57 Å². The molecule has 0 aliphatic carbocycles. The Balaban J connectivity index is 2.50. The Labute approximate surface area is 113 Å². The highest BCUT2D eigenvalue weighted by molar-refractivity contribution is 5.37. The maximum atomic E-state index is 12.3. The van der Waals surface area contributed by atoms with E-state index in [4.69, 9.17) is 5.73 Å². The van der Waals surface area contributed by atoms with Crippen LogP contribution in [0.2, 0.25) is 0 Å². The number of aromatic nitrogens is 1. The van der Waals surface area contributed by atoms with Gasteiger partial charge in [0, 0.05) is 18.3 Å². The van der Waals surface area contributed by atoms with Crippen LogP contribution in [-0.2, 0) is 6.54 Å². The van der Waals surface area contributed by atoms with E-state index in [-0.39, 0.29) is 11.6 Å². The highest BCUT2D eigenvalue weighted by Gasteiger charge is 2.15. The molecule has 0 aliphatic rings. The quantitative estimate of drug-likeness (QED) is 0.917. The molecule has 0 bridgehead atoms. The largest absolute Gasteiger partial charge is 0.320 e. The van der Waals surface area contributed by atoms with Crippen LogP contribution in [0.25, 0.3) is 0 Å². The zero-order chi connectivity index (χ0) is 14.0. The summed E-state index contributed by atoms with van der Waals surface area (Å²) in [4.78, 5) is 12.3. The molecule has 1 heterocycles. The predicted octanol–water partition coefficient (Wildman–Crippen LogP) is 2.53. The van der Waals surface area contributed by atoms with E-state index in [0.29, 0.717) is 12.1 Å². The van der Waals surface area contributed by atoms with Gasteiger partial charge in [-0.3, -0.25) is 4.79 Å². The van der Waals surface area contributed by atoms with Crippen LogP contribution in [0.4, 0.5) is 0 Å². The summed E-state index contributed by atoms with van der Waals surface area (Å²) in [5.74, 6) is 0. The van der Waals surface area contributed by atoms with Gasteiger partial charge in [0.15, 0.2) is 0 Å². The summed E-state index contributed by atoms with van der Waals surface area (Å²) < 4.78 is 1.68. The molecule has 3 nitrogen and oxygen atoms in total. The first-order valence-corrected chi connectivity index (χ1v) is 6.56. The fourth-order valence-electron chi connectivity index (χ4n) is 2.38. The second-order valence-electron chi connectivity index (χ2n) is 4.89. The molecule has 2 rings (SSSR count). The van der Waals surface area contributed by atoms with Crippen LogP contribution >= 0.6 is 0 Å². The third kappa shape index (κ3) is 2.61. The summed E-state index contributed by atoms with van der Waals surface area (Å²) in [6.07, 6.45) is 1.79. The number of hydrogen-bond donors (Lipinski definition) is 1. The van der Waals surface area contributed by atoms with Crippen molar-refractivity contribution in [3.8, 4) is 0 Å². The van der Waals surface area contributed by atoms with E-state index in [1.807, 2.05) is 38.1 Å². The Bertz CT molecular complexity index is 643. The number of rotatable bonds is 3. The van der Waals surface area contributed by atoms with Gasteiger partial charge in [-0.15, -0.1) is 0 Å². The van der Waals surface area contributed by atoms with Crippen molar-refractivity contribution >= 4 is 0 Å². The van der Waals surface area contributed by atoms with E-state index >= 15 is 0 Å². The van der Waals surface area contributed by atoms with Crippen LogP contribution in [0.3, 0.4) is 0 Å². The number of pyridine rings is 1. The third-order valence-corrected chi connectivity index (χ3v) is 3.49. The van der Waals surface area contributed by atoms with Crippen LogP contribution in [-0.4, -0.2) is 4.57 Å². The van der Waals surface area contributed by atoms with Crippen molar-refractivity contribution < 1.29 is 0 Å². The van der Waals surface area contributed by atoms with E-state index < -0.39 is 0 Å². The maximum Gasteiger partial charge on any atom is 0.255 e.